The van der Waals surface area contributed by atoms with Crippen LogP contribution in [0.5, 0.6) is 0 Å². The Labute approximate surface area is 190 Å². The van der Waals surface area contributed by atoms with Crippen molar-refractivity contribution in [1.82, 2.24) is 25.5 Å². The quantitative estimate of drug-likeness (QED) is 0.428. The zero-order valence-electron chi connectivity index (χ0n) is 18.0. The normalized spacial score (nSPS) is 11.5. The number of carboxylic acids is 1. The van der Waals surface area contributed by atoms with Crippen LogP contribution >= 0.6 is 0 Å². The van der Waals surface area contributed by atoms with Crippen LogP contribution in [0.1, 0.15) is 29.8 Å². The number of aliphatic carboxylic acids is 1. The molecule has 0 saturated carbocycles. The first-order chi connectivity index (χ1) is 16.0. The summed E-state index contributed by atoms with van der Waals surface area (Å²) in [5.74, 6) is -1.31. The number of benzene rings is 2. The van der Waals surface area contributed by atoms with Gasteiger partial charge in [0.15, 0.2) is 11.6 Å². The van der Waals surface area contributed by atoms with Gasteiger partial charge in [-0.2, -0.15) is 4.80 Å². The summed E-state index contributed by atoms with van der Waals surface area (Å²) in [5.41, 5.74) is 1.97. The number of rotatable bonds is 12. The van der Waals surface area contributed by atoms with Gasteiger partial charge in [-0.05, 0) is 29.2 Å². The number of carboxylic acid groups (broad SMARTS) is 1. The van der Waals surface area contributed by atoms with E-state index in [0.717, 1.165) is 23.2 Å². The molecule has 1 aromatic heterocycles. The lowest BCUT2D eigenvalue weighted by atomic mass is 10.1. The van der Waals surface area contributed by atoms with E-state index in [0.29, 0.717) is 12.2 Å². The monoisotopic (exact) mass is 451 g/mol. The summed E-state index contributed by atoms with van der Waals surface area (Å²) in [4.78, 5) is 37.0. The molecule has 0 fully saturated rings. The van der Waals surface area contributed by atoms with E-state index >= 15 is 0 Å². The maximum atomic E-state index is 12.6. The van der Waals surface area contributed by atoms with E-state index in [-0.39, 0.29) is 13.2 Å². The van der Waals surface area contributed by atoms with Crippen LogP contribution in [-0.4, -0.2) is 49.2 Å². The van der Waals surface area contributed by atoms with Crippen molar-refractivity contribution in [3.8, 4) is 0 Å². The molecule has 0 aliphatic heterocycles. The molecule has 0 radical (unpaired) electrons. The Balaban J connectivity index is 1.49. The molecule has 0 saturated heterocycles. The Morgan fingerprint density at radius 1 is 0.970 bits per heavy atom. The minimum Gasteiger partial charge on any atom is -0.481 e. The second-order valence-corrected chi connectivity index (χ2v) is 7.40. The molecule has 3 aromatic rings. The second-order valence-electron chi connectivity index (χ2n) is 7.40. The first-order valence-corrected chi connectivity index (χ1v) is 10.5. The van der Waals surface area contributed by atoms with Gasteiger partial charge in [0, 0.05) is 6.42 Å². The van der Waals surface area contributed by atoms with Gasteiger partial charge in [-0.1, -0.05) is 60.7 Å². The number of ketones is 1. The maximum absolute atomic E-state index is 12.6. The Kier molecular flexibility index (Phi) is 8.63. The fourth-order valence-corrected chi connectivity index (χ4v) is 3.12. The van der Waals surface area contributed by atoms with E-state index in [1.54, 1.807) is 24.3 Å². The standard InChI is InChI=1S/C23H25N5O5/c29-20(15-28-26-21(25-27-28)13-7-12-17-8-3-1-4-9-17)19(14-22(30)31)24-23(32)33-16-18-10-5-2-6-11-18/h1-6,8-11,19H,7,12-16H2,(H,24,32)(H,30,31). The first kappa shape index (κ1) is 23.6. The summed E-state index contributed by atoms with van der Waals surface area (Å²) in [6.45, 7) is -0.319. The van der Waals surface area contributed by atoms with Gasteiger partial charge in [-0.25, -0.2) is 4.79 Å². The largest absolute Gasteiger partial charge is 0.481 e. The van der Waals surface area contributed by atoms with Crippen LogP contribution in [0.15, 0.2) is 60.7 Å². The number of aromatic nitrogens is 4. The Bertz CT molecular complexity index is 1060. The number of aryl methyl sites for hydroxylation is 2. The lowest BCUT2D eigenvalue weighted by Crippen LogP contribution is -2.44. The van der Waals surface area contributed by atoms with Crippen molar-refractivity contribution in [2.75, 3.05) is 0 Å². The first-order valence-electron chi connectivity index (χ1n) is 10.5. The Morgan fingerprint density at radius 3 is 2.30 bits per heavy atom. The fourth-order valence-electron chi connectivity index (χ4n) is 3.12. The molecule has 0 aliphatic carbocycles. The number of alkyl carbamates (subject to hydrolysis) is 1. The second kappa shape index (κ2) is 12.1. The number of carbonyl (C=O) groups is 3. The molecule has 1 atom stereocenters. The molecule has 0 bridgehead atoms. The summed E-state index contributed by atoms with van der Waals surface area (Å²) in [6.07, 6.45) is 0.805. The van der Waals surface area contributed by atoms with Crippen LogP contribution in [0.3, 0.4) is 0 Å². The smallest absolute Gasteiger partial charge is 0.408 e. The van der Waals surface area contributed by atoms with Crippen LogP contribution in [0.25, 0.3) is 0 Å². The number of ether oxygens (including phenoxy) is 1. The predicted octanol–water partition coefficient (Wildman–Crippen LogP) is 2.19. The zero-order valence-corrected chi connectivity index (χ0v) is 18.0. The molecule has 10 nitrogen and oxygen atoms in total. The fraction of sp³-hybridized carbons (Fsp3) is 0.304. The maximum Gasteiger partial charge on any atom is 0.408 e. The van der Waals surface area contributed by atoms with Crippen molar-refractivity contribution in [2.24, 2.45) is 0 Å². The molecule has 0 aliphatic rings. The Hall–Kier alpha value is -4.08. The molecule has 1 unspecified atom stereocenters. The van der Waals surface area contributed by atoms with Gasteiger partial charge in [0.1, 0.15) is 19.2 Å². The highest BCUT2D eigenvalue weighted by molar-refractivity contribution is 5.90. The van der Waals surface area contributed by atoms with Crippen LogP contribution in [0.2, 0.25) is 0 Å². The SMILES string of the molecule is O=C(O)CC(NC(=O)OCc1ccccc1)C(=O)Cn1nnc(CCCc2ccccc2)n1. The number of hydrogen-bond acceptors (Lipinski definition) is 7. The third-order valence-electron chi connectivity index (χ3n) is 4.77. The number of tetrazole rings is 1. The highest BCUT2D eigenvalue weighted by atomic mass is 16.5. The molecule has 10 heteroatoms. The number of amides is 1. The average Bonchev–Trinajstić information content (AvgIpc) is 3.25. The molecule has 1 heterocycles. The predicted molar refractivity (Wildman–Crippen MR) is 117 cm³/mol. The van der Waals surface area contributed by atoms with Crippen LogP contribution in [0.4, 0.5) is 4.79 Å². The summed E-state index contributed by atoms with van der Waals surface area (Å²) < 4.78 is 5.08. The molecule has 2 N–H and O–H groups in total. The minimum absolute atomic E-state index is 0.00235. The lowest BCUT2D eigenvalue weighted by molar-refractivity contribution is -0.139. The van der Waals surface area contributed by atoms with Crippen molar-refractivity contribution in [2.45, 2.75) is 44.9 Å². The van der Waals surface area contributed by atoms with Crippen molar-refractivity contribution >= 4 is 17.8 Å². The van der Waals surface area contributed by atoms with Crippen molar-refractivity contribution < 1.29 is 24.2 Å². The number of hydrogen-bond donors (Lipinski definition) is 2. The highest BCUT2D eigenvalue weighted by Crippen LogP contribution is 2.06. The topological polar surface area (TPSA) is 136 Å². The van der Waals surface area contributed by atoms with Crippen LogP contribution in [0, 0.1) is 0 Å². The van der Waals surface area contributed by atoms with Crippen molar-refractivity contribution in [3.63, 3.8) is 0 Å². The number of nitrogens with zero attached hydrogens (tertiary/aromatic N) is 4. The van der Waals surface area contributed by atoms with E-state index in [4.69, 9.17) is 9.84 Å². The summed E-state index contributed by atoms with van der Waals surface area (Å²) >= 11 is 0. The number of Topliss-reactive ketones (excluding diaryl/α,β-unsaturated/α-hetero) is 1. The van der Waals surface area contributed by atoms with E-state index in [1.807, 2.05) is 36.4 Å². The molecule has 2 aromatic carbocycles. The summed E-state index contributed by atoms with van der Waals surface area (Å²) in [6, 6.07) is 17.7. The molecule has 172 valence electrons. The zero-order chi connectivity index (χ0) is 23.5. The summed E-state index contributed by atoms with van der Waals surface area (Å²) in [7, 11) is 0. The van der Waals surface area contributed by atoms with Crippen LogP contribution in [-0.2, 0) is 40.3 Å². The van der Waals surface area contributed by atoms with E-state index in [2.05, 4.69) is 20.7 Å². The van der Waals surface area contributed by atoms with Gasteiger partial charge >= 0.3 is 12.1 Å². The third-order valence-corrected chi connectivity index (χ3v) is 4.77. The Morgan fingerprint density at radius 2 is 1.64 bits per heavy atom. The van der Waals surface area contributed by atoms with Gasteiger partial charge in [-0.15, -0.1) is 10.2 Å². The van der Waals surface area contributed by atoms with Gasteiger partial charge in [0.25, 0.3) is 0 Å². The van der Waals surface area contributed by atoms with Crippen molar-refractivity contribution in [3.05, 3.63) is 77.6 Å². The highest BCUT2D eigenvalue weighted by Gasteiger charge is 2.25. The molecule has 0 spiro atoms. The lowest BCUT2D eigenvalue weighted by Gasteiger charge is -2.15. The van der Waals surface area contributed by atoms with Gasteiger partial charge in [-0.3, -0.25) is 9.59 Å². The molecular formula is C23H25N5O5. The third kappa shape index (κ3) is 8.17. The van der Waals surface area contributed by atoms with Crippen LogP contribution < -0.4 is 5.32 Å². The van der Waals surface area contributed by atoms with Crippen molar-refractivity contribution in [1.29, 1.82) is 0 Å². The van der Waals surface area contributed by atoms with Gasteiger partial charge in [0.05, 0.1) is 6.42 Å². The number of nitrogens with one attached hydrogen (secondary N) is 1. The number of carbonyl (C=O) groups excluding carboxylic acids is 2. The average molecular weight is 451 g/mol. The van der Waals surface area contributed by atoms with E-state index in [9.17, 15) is 14.4 Å². The molecule has 3 rings (SSSR count). The van der Waals surface area contributed by atoms with E-state index < -0.39 is 30.3 Å². The molecule has 1 amide bonds. The minimum atomic E-state index is -1.28. The molecular weight excluding hydrogens is 426 g/mol. The summed E-state index contributed by atoms with van der Waals surface area (Å²) in [5, 5.41) is 23.4. The van der Waals surface area contributed by atoms with E-state index in [1.165, 1.54) is 5.56 Å². The molecule has 33 heavy (non-hydrogen) atoms. The van der Waals surface area contributed by atoms with Gasteiger partial charge < -0.3 is 15.2 Å². The van der Waals surface area contributed by atoms with Gasteiger partial charge in [0.2, 0.25) is 0 Å².